The van der Waals surface area contributed by atoms with Crippen molar-refractivity contribution in [1.29, 1.82) is 5.26 Å². The highest BCUT2D eigenvalue weighted by Gasteiger charge is 2.38. The summed E-state index contributed by atoms with van der Waals surface area (Å²) in [6.07, 6.45) is 0. The Balaban J connectivity index is 1.89. The highest BCUT2D eigenvalue weighted by molar-refractivity contribution is 6.32. The topological polar surface area (TPSA) is 108 Å². The molecule has 0 spiro atoms. The van der Waals surface area contributed by atoms with Gasteiger partial charge in [0.05, 0.1) is 23.6 Å². The molecule has 3 rings (SSSR count). The molecule has 0 amide bonds. The number of furan rings is 1. The summed E-state index contributed by atoms with van der Waals surface area (Å²) in [5.41, 5.74) is 5.96. The van der Waals surface area contributed by atoms with Gasteiger partial charge in [-0.15, -0.1) is 0 Å². The van der Waals surface area contributed by atoms with E-state index in [1.807, 2.05) is 6.07 Å². The molecule has 0 bridgehead atoms. The lowest BCUT2D eigenvalue weighted by atomic mass is 9.87. The predicted molar refractivity (Wildman–Crippen MR) is 99.8 cm³/mol. The van der Waals surface area contributed by atoms with Crippen LogP contribution < -0.4 is 10.5 Å². The summed E-state index contributed by atoms with van der Waals surface area (Å²) in [4.78, 5) is 12.3. The second kappa shape index (κ2) is 8.29. The number of rotatable bonds is 5. The Morgan fingerprint density at radius 2 is 2.14 bits per heavy atom. The number of hydrogen-bond donors (Lipinski definition) is 1. The van der Waals surface area contributed by atoms with Gasteiger partial charge in [0.25, 0.3) is 0 Å². The predicted octanol–water partition coefficient (Wildman–Crippen LogP) is 3.91. The number of allylic oxidation sites excluding steroid dienone is 2. The maximum absolute atomic E-state index is 13.1. The number of methoxy groups -OCH3 is 1. The Labute approximate surface area is 170 Å². The standard InChI is InChI=1S/C20H16ClFN2O5/c1-10-17(20(25)26-2)18(13(8-23)19(24)28-10)16-6-4-12(29-16)9-27-15-5-3-11(22)7-14(15)21/h3-7,18H,9,24H2,1-2H3/t18-/m0/s1. The number of ether oxygens (including phenoxy) is 3. The zero-order chi connectivity index (χ0) is 21.1. The Kier molecular flexibility index (Phi) is 5.80. The van der Waals surface area contributed by atoms with Crippen LogP contribution >= 0.6 is 11.6 Å². The first-order chi connectivity index (χ1) is 13.8. The number of nitriles is 1. The summed E-state index contributed by atoms with van der Waals surface area (Å²) in [6.45, 7) is 1.54. The zero-order valence-corrected chi connectivity index (χ0v) is 16.2. The molecule has 0 fully saturated rings. The first-order valence-corrected chi connectivity index (χ1v) is 8.76. The molecule has 150 valence electrons. The summed E-state index contributed by atoms with van der Waals surface area (Å²) in [6, 6.07) is 8.93. The van der Waals surface area contributed by atoms with Crippen molar-refractivity contribution in [2.75, 3.05) is 7.11 Å². The average molecular weight is 419 g/mol. The van der Waals surface area contributed by atoms with Gasteiger partial charge in [-0.3, -0.25) is 0 Å². The molecule has 1 aromatic carbocycles. The number of esters is 1. The second-order valence-corrected chi connectivity index (χ2v) is 6.46. The Hall–Kier alpha value is -3.44. The fraction of sp³-hybridized carbons (Fsp3) is 0.200. The molecule has 2 N–H and O–H groups in total. The molecule has 2 heterocycles. The van der Waals surface area contributed by atoms with E-state index in [0.29, 0.717) is 5.76 Å². The highest BCUT2D eigenvalue weighted by Crippen LogP contribution is 2.40. The summed E-state index contributed by atoms with van der Waals surface area (Å²) in [7, 11) is 1.22. The maximum atomic E-state index is 13.1. The van der Waals surface area contributed by atoms with E-state index in [2.05, 4.69) is 0 Å². The minimum atomic E-state index is -0.885. The number of halogens is 2. The molecule has 0 saturated carbocycles. The summed E-state index contributed by atoms with van der Waals surface area (Å²) >= 11 is 5.94. The van der Waals surface area contributed by atoms with Crippen LogP contribution in [0.3, 0.4) is 0 Å². The monoisotopic (exact) mass is 418 g/mol. The van der Waals surface area contributed by atoms with E-state index < -0.39 is 17.7 Å². The normalized spacial score (nSPS) is 16.3. The van der Waals surface area contributed by atoms with E-state index in [1.54, 1.807) is 19.1 Å². The van der Waals surface area contributed by atoms with Crippen molar-refractivity contribution in [2.24, 2.45) is 5.73 Å². The van der Waals surface area contributed by atoms with Crippen molar-refractivity contribution in [1.82, 2.24) is 0 Å². The van der Waals surface area contributed by atoms with Crippen molar-refractivity contribution < 1.29 is 27.8 Å². The van der Waals surface area contributed by atoms with Crippen molar-refractivity contribution in [2.45, 2.75) is 19.4 Å². The van der Waals surface area contributed by atoms with E-state index in [0.717, 1.165) is 6.07 Å². The van der Waals surface area contributed by atoms with Gasteiger partial charge in [-0.2, -0.15) is 5.26 Å². The van der Waals surface area contributed by atoms with Gasteiger partial charge in [-0.05, 0) is 37.3 Å². The van der Waals surface area contributed by atoms with Crippen LogP contribution in [0, 0.1) is 17.1 Å². The Morgan fingerprint density at radius 1 is 1.38 bits per heavy atom. The number of carbonyl (C=O) groups excluding carboxylic acids is 1. The minimum absolute atomic E-state index is 0.00803. The van der Waals surface area contributed by atoms with Crippen molar-refractivity contribution >= 4 is 17.6 Å². The highest BCUT2D eigenvalue weighted by atomic mass is 35.5. The van der Waals surface area contributed by atoms with Gasteiger partial charge in [0, 0.05) is 0 Å². The smallest absolute Gasteiger partial charge is 0.338 e. The number of carbonyl (C=O) groups is 1. The molecule has 0 radical (unpaired) electrons. The van der Waals surface area contributed by atoms with Gasteiger partial charge in [-0.25, -0.2) is 9.18 Å². The van der Waals surface area contributed by atoms with E-state index >= 15 is 0 Å². The van der Waals surface area contributed by atoms with Gasteiger partial charge < -0.3 is 24.4 Å². The molecule has 9 heteroatoms. The van der Waals surface area contributed by atoms with Crippen molar-refractivity contribution in [3.8, 4) is 11.8 Å². The largest absolute Gasteiger partial charge is 0.484 e. The molecule has 1 atom stereocenters. The quantitative estimate of drug-likeness (QED) is 0.733. The summed E-state index contributed by atoms with van der Waals surface area (Å²) < 4.78 is 34.6. The molecule has 1 aliphatic heterocycles. The summed E-state index contributed by atoms with van der Waals surface area (Å²) in [5, 5.41) is 9.63. The molecule has 0 aliphatic carbocycles. The van der Waals surface area contributed by atoms with Crippen LogP contribution in [0.25, 0.3) is 0 Å². The maximum Gasteiger partial charge on any atom is 0.338 e. The van der Waals surface area contributed by atoms with Crippen molar-refractivity contribution in [3.05, 3.63) is 75.5 Å². The summed E-state index contributed by atoms with van der Waals surface area (Å²) in [5.74, 6) is -0.969. The van der Waals surface area contributed by atoms with Crippen LogP contribution in [0.15, 0.2) is 57.5 Å². The molecule has 7 nitrogen and oxygen atoms in total. The van der Waals surface area contributed by atoms with Crippen LogP contribution in [0.5, 0.6) is 5.75 Å². The average Bonchev–Trinajstić information content (AvgIpc) is 3.15. The molecule has 0 saturated heterocycles. The molecule has 1 aromatic heterocycles. The SMILES string of the molecule is COC(=O)C1=C(C)OC(N)=C(C#N)[C@H]1c1ccc(COc2ccc(F)cc2Cl)o1. The first kappa shape index (κ1) is 20.3. The van der Waals surface area contributed by atoms with Crippen LogP contribution in [0.4, 0.5) is 4.39 Å². The van der Waals surface area contributed by atoms with Gasteiger partial charge in [0.1, 0.15) is 47.1 Å². The second-order valence-electron chi connectivity index (χ2n) is 6.05. The number of nitrogens with two attached hydrogens (primary N) is 1. The van der Waals surface area contributed by atoms with Crippen LogP contribution in [-0.4, -0.2) is 13.1 Å². The number of nitrogens with zero attached hydrogens (tertiary/aromatic N) is 1. The Morgan fingerprint density at radius 3 is 2.79 bits per heavy atom. The fourth-order valence-corrected chi connectivity index (χ4v) is 3.13. The Bertz CT molecular complexity index is 1070. The molecule has 29 heavy (non-hydrogen) atoms. The lowest BCUT2D eigenvalue weighted by Gasteiger charge is -2.24. The third-order valence-electron chi connectivity index (χ3n) is 4.24. The van der Waals surface area contributed by atoms with Gasteiger partial charge in [0.2, 0.25) is 5.88 Å². The van der Waals surface area contributed by atoms with Crippen LogP contribution in [-0.2, 0) is 20.9 Å². The van der Waals surface area contributed by atoms with Gasteiger partial charge in [-0.1, -0.05) is 11.6 Å². The van der Waals surface area contributed by atoms with Crippen LogP contribution in [0.1, 0.15) is 24.4 Å². The third kappa shape index (κ3) is 4.05. The minimum Gasteiger partial charge on any atom is -0.484 e. The van der Waals surface area contributed by atoms with E-state index in [-0.39, 0.29) is 45.9 Å². The van der Waals surface area contributed by atoms with E-state index in [4.69, 9.17) is 36.0 Å². The fourth-order valence-electron chi connectivity index (χ4n) is 2.91. The van der Waals surface area contributed by atoms with E-state index in [9.17, 15) is 14.4 Å². The first-order valence-electron chi connectivity index (χ1n) is 8.38. The van der Waals surface area contributed by atoms with Crippen molar-refractivity contribution in [3.63, 3.8) is 0 Å². The van der Waals surface area contributed by atoms with Gasteiger partial charge in [0.15, 0.2) is 0 Å². The molecular formula is C20H16ClFN2O5. The lowest BCUT2D eigenvalue weighted by Crippen LogP contribution is -2.24. The number of hydrogen-bond acceptors (Lipinski definition) is 7. The van der Waals surface area contributed by atoms with Gasteiger partial charge >= 0.3 is 5.97 Å². The molecular weight excluding hydrogens is 403 g/mol. The molecule has 2 aromatic rings. The third-order valence-corrected chi connectivity index (χ3v) is 4.54. The zero-order valence-electron chi connectivity index (χ0n) is 15.5. The lowest BCUT2D eigenvalue weighted by molar-refractivity contribution is -0.136. The van der Waals surface area contributed by atoms with E-state index in [1.165, 1.54) is 19.2 Å². The number of benzene rings is 1. The molecule has 1 aliphatic rings. The molecule has 0 unspecified atom stereocenters. The van der Waals surface area contributed by atoms with Crippen LogP contribution in [0.2, 0.25) is 5.02 Å².